The summed E-state index contributed by atoms with van der Waals surface area (Å²) in [6, 6.07) is 10.0. The summed E-state index contributed by atoms with van der Waals surface area (Å²) in [5.74, 6) is 1.42. The lowest BCUT2D eigenvalue weighted by Crippen LogP contribution is -2.28. The van der Waals surface area contributed by atoms with Gasteiger partial charge in [0.05, 0.1) is 6.26 Å². The zero-order valence-corrected chi connectivity index (χ0v) is 12.1. The molecule has 1 amide bonds. The lowest BCUT2D eigenvalue weighted by atomic mass is 10.1. The zero-order valence-electron chi connectivity index (χ0n) is 12.1. The van der Waals surface area contributed by atoms with Crippen molar-refractivity contribution in [1.82, 2.24) is 0 Å². The van der Waals surface area contributed by atoms with Crippen LogP contribution >= 0.6 is 0 Å². The molecule has 1 aliphatic rings. The summed E-state index contributed by atoms with van der Waals surface area (Å²) >= 11 is 0. The Hall–Kier alpha value is -2.03. The van der Waals surface area contributed by atoms with E-state index in [4.69, 9.17) is 4.42 Å². The van der Waals surface area contributed by atoms with Crippen LogP contribution in [-0.2, 0) is 4.79 Å². The van der Waals surface area contributed by atoms with E-state index in [9.17, 15) is 4.79 Å². The van der Waals surface area contributed by atoms with Gasteiger partial charge in [0.15, 0.2) is 0 Å². The number of carbonyl (C=O) groups excluding carboxylic acids is 1. The van der Waals surface area contributed by atoms with Crippen LogP contribution in [0.2, 0.25) is 0 Å². The highest BCUT2D eigenvalue weighted by Crippen LogP contribution is 2.48. The van der Waals surface area contributed by atoms with Crippen LogP contribution in [0, 0.1) is 19.8 Å². The van der Waals surface area contributed by atoms with Crippen LogP contribution in [0.25, 0.3) is 0 Å². The normalized spacial score (nSPS) is 20.8. The van der Waals surface area contributed by atoms with E-state index in [1.807, 2.05) is 33.0 Å². The van der Waals surface area contributed by atoms with E-state index in [0.29, 0.717) is 0 Å². The molecule has 3 nitrogen and oxygen atoms in total. The van der Waals surface area contributed by atoms with E-state index < -0.39 is 0 Å². The van der Waals surface area contributed by atoms with Gasteiger partial charge in [-0.1, -0.05) is 12.1 Å². The van der Waals surface area contributed by atoms with Gasteiger partial charge in [-0.3, -0.25) is 4.79 Å². The summed E-state index contributed by atoms with van der Waals surface area (Å²) in [6.07, 6.45) is 2.56. The maximum atomic E-state index is 12.6. The summed E-state index contributed by atoms with van der Waals surface area (Å²) in [6.45, 7) is 4.08. The number of rotatable bonds is 3. The van der Waals surface area contributed by atoms with Crippen molar-refractivity contribution in [2.75, 3.05) is 11.9 Å². The minimum absolute atomic E-state index is 0.0612. The predicted molar refractivity (Wildman–Crippen MR) is 78.9 cm³/mol. The van der Waals surface area contributed by atoms with Crippen LogP contribution in [0.15, 0.2) is 41.0 Å². The van der Waals surface area contributed by atoms with Crippen molar-refractivity contribution in [2.45, 2.75) is 26.2 Å². The summed E-state index contributed by atoms with van der Waals surface area (Å²) in [5, 5.41) is 0. The summed E-state index contributed by atoms with van der Waals surface area (Å²) in [7, 11) is 1.86. The lowest BCUT2D eigenvalue weighted by molar-refractivity contribution is -0.119. The van der Waals surface area contributed by atoms with E-state index in [1.54, 1.807) is 11.2 Å². The molecule has 0 aliphatic heterocycles. The molecule has 1 aromatic carbocycles. The molecule has 0 bridgehead atoms. The molecule has 1 fully saturated rings. The van der Waals surface area contributed by atoms with E-state index in [-0.39, 0.29) is 17.7 Å². The van der Waals surface area contributed by atoms with Gasteiger partial charge in [0.1, 0.15) is 5.76 Å². The topological polar surface area (TPSA) is 33.5 Å². The van der Waals surface area contributed by atoms with Gasteiger partial charge in [0, 0.05) is 24.6 Å². The molecule has 1 aliphatic carbocycles. The number of nitrogens with zero attached hydrogens (tertiary/aromatic N) is 1. The fourth-order valence-corrected chi connectivity index (χ4v) is 2.73. The van der Waals surface area contributed by atoms with Gasteiger partial charge in [-0.05, 0) is 49.6 Å². The molecule has 3 heteroatoms. The lowest BCUT2D eigenvalue weighted by Gasteiger charge is -2.20. The second-order valence-corrected chi connectivity index (χ2v) is 5.65. The Labute approximate surface area is 119 Å². The van der Waals surface area contributed by atoms with Crippen molar-refractivity contribution < 1.29 is 9.21 Å². The number of hydrogen-bond donors (Lipinski definition) is 0. The minimum atomic E-state index is 0.0612. The first-order chi connectivity index (χ1) is 9.58. The van der Waals surface area contributed by atoms with E-state index in [0.717, 1.165) is 23.4 Å². The molecule has 2 aromatic rings. The molecule has 0 N–H and O–H groups in total. The third kappa shape index (κ3) is 2.24. The highest BCUT2D eigenvalue weighted by molar-refractivity contribution is 5.97. The Morgan fingerprint density at radius 1 is 1.30 bits per heavy atom. The predicted octanol–water partition coefficient (Wildman–Crippen LogP) is 3.66. The van der Waals surface area contributed by atoms with Crippen LogP contribution < -0.4 is 4.90 Å². The van der Waals surface area contributed by atoms with Crippen molar-refractivity contribution in [3.8, 4) is 0 Å². The third-order valence-electron chi connectivity index (χ3n) is 4.07. The monoisotopic (exact) mass is 269 g/mol. The van der Waals surface area contributed by atoms with Crippen LogP contribution in [0.4, 0.5) is 5.69 Å². The Morgan fingerprint density at radius 2 is 2.10 bits per heavy atom. The average Bonchev–Trinajstić information content (AvgIpc) is 3.05. The first-order valence-corrected chi connectivity index (χ1v) is 6.96. The van der Waals surface area contributed by atoms with Gasteiger partial charge in [-0.2, -0.15) is 0 Å². The van der Waals surface area contributed by atoms with Crippen LogP contribution in [-0.4, -0.2) is 13.0 Å². The van der Waals surface area contributed by atoms with Crippen LogP contribution in [0.5, 0.6) is 0 Å². The fourth-order valence-electron chi connectivity index (χ4n) is 2.73. The summed E-state index contributed by atoms with van der Waals surface area (Å²) in [5.41, 5.74) is 3.30. The van der Waals surface area contributed by atoms with E-state index in [2.05, 4.69) is 18.2 Å². The molecule has 0 saturated heterocycles. The SMILES string of the molecule is Cc1ccc(C)c(N(C)C(=O)C2CC2c2ccco2)c1. The molecule has 1 saturated carbocycles. The maximum Gasteiger partial charge on any atom is 0.230 e. The Kier molecular flexibility index (Phi) is 3.13. The zero-order chi connectivity index (χ0) is 14.3. The van der Waals surface area contributed by atoms with Gasteiger partial charge >= 0.3 is 0 Å². The Balaban J connectivity index is 1.77. The Bertz CT molecular complexity index is 630. The fraction of sp³-hybridized carbons (Fsp3) is 0.353. The van der Waals surface area contributed by atoms with Crippen molar-refractivity contribution in [3.63, 3.8) is 0 Å². The standard InChI is InChI=1S/C17H19NO2/c1-11-6-7-12(2)15(9-11)18(3)17(19)14-10-13(14)16-5-4-8-20-16/h4-9,13-14H,10H2,1-3H3. The number of furan rings is 1. The molecule has 104 valence electrons. The third-order valence-corrected chi connectivity index (χ3v) is 4.07. The van der Waals surface area contributed by atoms with Gasteiger partial charge < -0.3 is 9.32 Å². The number of carbonyl (C=O) groups is 1. The number of benzene rings is 1. The van der Waals surface area contributed by atoms with Crippen LogP contribution in [0.1, 0.15) is 29.2 Å². The van der Waals surface area contributed by atoms with Gasteiger partial charge in [-0.15, -0.1) is 0 Å². The minimum Gasteiger partial charge on any atom is -0.469 e. The smallest absolute Gasteiger partial charge is 0.230 e. The maximum absolute atomic E-state index is 12.6. The second-order valence-electron chi connectivity index (χ2n) is 5.65. The molecular formula is C17H19NO2. The first-order valence-electron chi connectivity index (χ1n) is 6.96. The second kappa shape index (κ2) is 4.82. The van der Waals surface area contributed by atoms with E-state index >= 15 is 0 Å². The number of anilines is 1. The van der Waals surface area contributed by atoms with Crippen molar-refractivity contribution in [2.24, 2.45) is 5.92 Å². The molecule has 1 heterocycles. The molecule has 2 unspecified atom stereocenters. The summed E-state index contributed by atoms with van der Waals surface area (Å²) < 4.78 is 5.40. The molecule has 3 rings (SSSR count). The molecule has 0 spiro atoms. The van der Waals surface area contributed by atoms with Crippen molar-refractivity contribution in [1.29, 1.82) is 0 Å². The van der Waals surface area contributed by atoms with Gasteiger partial charge in [-0.25, -0.2) is 0 Å². The van der Waals surface area contributed by atoms with E-state index in [1.165, 1.54) is 5.56 Å². The van der Waals surface area contributed by atoms with Crippen molar-refractivity contribution >= 4 is 11.6 Å². The van der Waals surface area contributed by atoms with Gasteiger partial charge in [0.25, 0.3) is 0 Å². The quantitative estimate of drug-likeness (QED) is 0.852. The molecular weight excluding hydrogens is 250 g/mol. The molecule has 0 radical (unpaired) electrons. The molecule has 20 heavy (non-hydrogen) atoms. The first kappa shape index (κ1) is 13.0. The molecule has 2 atom stereocenters. The van der Waals surface area contributed by atoms with Gasteiger partial charge in [0.2, 0.25) is 5.91 Å². The van der Waals surface area contributed by atoms with Crippen molar-refractivity contribution in [3.05, 3.63) is 53.5 Å². The summed E-state index contributed by atoms with van der Waals surface area (Å²) in [4.78, 5) is 14.3. The largest absolute Gasteiger partial charge is 0.469 e. The molecule has 1 aromatic heterocycles. The number of hydrogen-bond acceptors (Lipinski definition) is 2. The number of aryl methyl sites for hydroxylation is 2. The van der Waals surface area contributed by atoms with Crippen LogP contribution in [0.3, 0.4) is 0 Å². The highest BCUT2D eigenvalue weighted by atomic mass is 16.3. The highest BCUT2D eigenvalue weighted by Gasteiger charge is 2.47. The average molecular weight is 269 g/mol. The number of amides is 1. The Morgan fingerprint density at radius 3 is 2.80 bits per heavy atom.